The zero-order valence-corrected chi connectivity index (χ0v) is 10.6. The van der Waals surface area contributed by atoms with Crippen molar-refractivity contribution in [1.82, 2.24) is 0 Å². The van der Waals surface area contributed by atoms with Crippen LogP contribution in [0.25, 0.3) is 0 Å². The van der Waals surface area contributed by atoms with Crippen molar-refractivity contribution in [2.75, 3.05) is 0 Å². The zero-order chi connectivity index (χ0) is 14.3. The SMILES string of the molecule is CC(=O)O.CCC(=O)O.CCCCCC(=O)O. The smallest absolute Gasteiger partial charge is 0.303 e. The largest absolute Gasteiger partial charge is 0.481 e. The van der Waals surface area contributed by atoms with Gasteiger partial charge in [0.05, 0.1) is 0 Å². The van der Waals surface area contributed by atoms with Crippen LogP contribution in [-0.2, 0) is 14.4 Å². The third-order valence-electron chi connectivity index (χ3n) is 1.30. The van der Waals surface area contributed by atoms with Gasteiger partial charge in [-0.05, 0) is 6.42 Å². The molecule has 0 unspecified atom stereocenters. The number of hydrogen-bond donors (Lipinski definition) is 3. The van der Waals surface area contributed by atoms with Crippen molar-refractivity contribution in [2.45, 2.75) is 52.9 Å². The number of unbranched alkanes of at least 4 members (excludes halogenated alkanes) is 2. The summed E-state index contributed by atoms with van der Waals surface area (Å²) < 4.78 is 0. The van der Waals surface area contributed by atoms with E-state index in [2.05, 4.69) is 6.92 Å². The summed E-state index contributed by atoms with van der Waals surface area (Å²) in [6.45, 7) is 4.74. The molecule has 0 spiro atoms. The van der Waals surface area contributed by atoms with Gasteiger partial charge in [0.2, 0.25) is 0 Å². The standard InChI is InChI=1S/C6H12O2.C3H6O2.C2H4O2/c1-2-3-4-5-6(7)8;1-2-3(4)5;1-2(3)4/h2-5H2,1H3,(H,7,8);2H2,1H3,(H,4,5);1H3,(H,3,4). The predicted molar refractivity (Wildman–Crippen MR) is 63.0 cm³/mol. The zero-order valence-electron chi connectivity index (χ0n) is 10.6. The van der Waals surface area contributed by atoms with E-state index < -0.39 is 17.9 Å². The Balaban J connectivity index is -0.000000188. The maximum atomic E-state index is 9.87. The molecule has 0 saturated heterocycles. The summed E-state index contributed by atoms with van der Waals surface area (Å²) in [4.78, 5) is 28.2. The Labute approximate surface area is 101 Å². The number of rotatable bonds is 5. The predicted octanol–water partition coefficient (Wildman–Crippen LogP) is 2.22. The molecule has 0 atom stereocenters. The lowest BCUT2D eigenvalue weighted by Crippen LogP contribution is -1.92. The van der Waals surface area contributed by atoms with Gasteiger partial charge in [-0.15, -0.1) is 0 Å². The maximum absolute atomic E-state index is 9.87. The minimum Gasteiger partial charge on any atom is -0.481 e. The molecule has 0 amide bonds. The van der Waals surface area contributed by atoms with E-state index in [0.717, 1.165) is 26.2 Å². The van der Waals surface area contributed by atoms with Crippen molar-refractivity contribution < 1.29 is 29.7 Å². The Hall–Kier alpha value is -1.59. The first-order valence-corrected chi connectivity index (χ1v) is 5.40. The lowest BCUT2D eigenvalue weighted by atomic mass is 10.2. The van der Waals surface area contributed by atoms with Crippen molar-refractivity contribution in [2.24, 2.45) is 0 Å². The van der Waals surface area contributed by atoms with Crippen LogP contribution in [-0.4, -0.2) is 33.2 Å². The first kappa shape index (κ1) is 20.8. The van der Waals surface area contributed by atoms with Crippen LogP contribution < -0.4 is 0 Å². The first-order valence-electron chi connectivity index (χ1n) is 5.40. The van der Waals surface area contributed by atoms with Crippen LogP contribution in [0.2, 0.25) is 0 Å². The molecule has 0 radical (unpaired) electrons. The fraction of sp³-hybridized carbons (Fsp3) is 0.727. The summed E-state index contributed by atoms with van der Waals surface area (Å²) in [6, 6.07) is 0. The van der Waals surface area contributed by atoms with Crippen molar-refractivity contribution in [3.05, 3.63) is 0 Å². The second-order valence-corrected chi connectivity index (χ2v) is 3.12. The van der Waals surface area contributed by atoms with Gasteiger partial charge in [-0.2, -0.15) is 0 Å². The second kappa shape index (κ2) is 16.8. The molecule has 0 aliphatic carbocycles. The topological polar surface area (TPSA) is 112 Å². The van der Waals surface area contributed by atoms with Crippen molar-refractivity contribution >= 4 is 17.9 Å². The van der Waals surface area contributed by atoms with Gasteiger partial charge in [0, 0.05) is 19.8 Å². The number of carboxylic acid groups (broad SMARTS) is 3. The van der Waals surface area contributed by atoms with E-state index in [1.54, 1.807) is 6.92 Å². The van der Waals surface area contributed by atoms with E-state index in [9.17, 15) is 9.59 Å². The minimum atomic E-state index is -0.833. The summed E-state index contributed by atoms with van der Waals surface area (Å²) in [5, 5.41) is 23.3. The third kappa shape index (κ3) is 75.8. The van der Waals surface area contributed by atoms with Gasteiger partial charge in [0.15, 0.2) is 0 Å². The van der Waals surface area contributed by atoms with Gasteiger partial charge in [0.1, 0.15) is 0 Å². The summed E-state index contributed by atoms with van der Waals surface area (Å²) in [5.74, 6) is -2.26. The van der Waals surface area contributed by atoms with Gasteiger partial charge in [0.25, 0.3) is 5.97 Å². The molecular formula is C11H22O6. The van der Waals surface area contributed by atoms with Crippen LogP contribution in [0.15, 0.2) is 0 Å². The average molecular weight is 250 g/mol. The van der Waals surface area contributed by atoms with Gasteiger partial charge in [-0.25, -0.2) is 0 Å². The van der Waals surface area contributed by atoms with Crippen molar-refractivity contribution in [1.29, 1.82) is 0 Å². The Kier molecular flexibility index (Phi) is 20.6. The fourth-order valence-corrected chi connectivity index (χ4v) is 0.526. The fourth-order valence-electron chi connectivity index (χ4n) is 0.526. The Morgan fingerprint density at radius 2 is 1.24 bits per heavy atom. The Bertz CT molecular complexity index is 208. The maximum Gasteiger partial charge on any atom is 0.303 e. The molecule has 6 heteroatoms. The lowest BCUT2D eigenvalue weighted by molar-refractivity contribution is -0.137. The molecule has 102 valence electrons. The Morgan fingerprint density at radius 3 is 1.41 bits per heavy atom. The van der Waals surface area contributed by atoms with Gasteiger partial charge < -0.3 is 15.3 Å². The molecule has 0 fully saturated rings. The minimum absolute atomic E-state index is 0.222. The van der Waals surface area contributed by atoms with E-state index >= 15 is 0 Å². The van der Waals surface area contributed by atoms with Gasteiger partial charge in [-0.3, -0.25) is 14.4 Å². The Morgan fingerprint density at radius 1 is 0.882 bits per heavy atom. The summed E-state index contributed by atoms with van der Waals surface area (Å²) in [5.41, 5.74) is 0. The third-order valence-corrected chi connectivity index (χ3v) is 1.30. The highest BCUT2D eigenvalue weighted by Crippen LogP contribution is 1.97. The van der Waals surface area contributed by atoms with Crippen LogP contribution >= 0.6 is 0 Å². The van der Waals surface area contributed by atoms with Crippen molar-refractivity contribution in [3.8, 4) is 0 Å². The quantitative estimate of drug-likeness (QED) is 0.645. The van der Waals surface area contributed by atoms with Crippen LogP contribution in [0.1, 0.15) is 52.9 Å². The highest BCUT2D eigenvalue weighted by atomic mass is 16.4. The molecule has 0 saturated carbocycles. The number of carboxylic acids is 3. The molecule has 0 bridgehead atoms. The van der Waals surface area contributed by atoms with E-state index in [1.807, 2.05) is 0 Å². The number of aliphatic carboxylic acids is 3. The normalized spacial score (nSPS) is 7.94. The van der Waals surface area contributed by atoms with E-state index in [4.69, 9.17) is 20.1 Å². The molecule has 0 aliphatic rings. The number of hydrogen-bond acceptors (Lipinski definition) is 3. The van der Waals surface area contributed by atoms with E-state index in [0.29, 0.717) is 6.42 Å². The average Bonchev–Trinajstić information content (AvgIpc) is 2.17. The molecule has 0 aliphatic heterocycles. The van der Waals surface area contributed by atoms with Crippen LogP contribution in [0, 0.1) is 0 Å². The van der Waals surface area contributed by atoms with Crippen LogP contribution in [0.4, 0.5) is 0 Å². The van der Waals surface area contributed by atoms with Crippen LogP contribution in [0.5, 0.6) is 0 Å². The van der Waals surface area contributed by atoms with Gasteiger partial charge in [-0.1, -0.05) is 26.7 Å². The molecule has 0 aromatic heterocycles. The van der Waals surface area contributed by atoms with Crippen molar-refractivity contribution in [3.63, 3.8) is 0 Å². The summed E-state index contributed by atoms with van der Waals surface area (Å²) >= 11 is 0. The highest BCUT2D eigenvalue weighted by Gasteiger charge is 1.92. The number of carbonyl (C=O) groups is 3. The lowest BCUT2D eigenvalue weighted by Gasteiger charge is -1.89. The molecule has 6 nitrogen and oxygen atoms in total. The van der Waals surface area contributed by atoms with Crippen LogP contribution in [0.3, 0.4) is 0 Å². The monoisotopic (exact) mass is 250 g/mol. The van der Waals surface area contributed by atoms with E-state index in [-0.39, 0.29) is 6.42 Å². The molecule has 0 aromatic carbocycles. The second-order valence-electron chi connectivity index (χ2n) is 3.12. The molecule has 0 aromatic rings. The first-order chi connectivity index (χ1) is 7.77. The molecule has 0 rings (SSSR count). The molecule has 3 N–H and O–H groups in total. The summed E-state index contributed by atoms with van der Waals surface area (Å²) in [7, 11) is 0. The van der Waals surface area contributed by atoms with Gasteiger partial charge >= 0.3 is 11.9 Å². The molecule has 17 heavy (non-hydrogen) atoms. The molecular weight excluding hydrogens is 228 g/mol. The van der Waals surface area contributed by atoms with E-state index in [1.165, 1.54) is 0 Å². The summed E-state index contributed by atoms with van der Waals surface area (Å²) in [6.07, 6.45) is 3.50. The highest BCUT2D eigenvalue weighted by molar-refractivity contribution is 5.66. The molecule has 0 heterocycles.